The van der Waals surface area contributed by atoms with Gasteiger partial charge in [0.15, 0.2) is 11.6 Å². The summed E-state index contributed by atoms with van der Waals surface area (Å²) in [6.45, 7) is 7.56. The van der Waals surface area contributed by atoms with E-state index in [9.17, 15) is 4.79 Å². The minimum Gasteiger partial charge on any atom is -0.448 e. The van der Waals surface area contributed by atoms with E-state index in [2.05, 4.69) is 41.1 Å². The zero-order chi connectivity index (χ0) is 16.9. The van der Waals surface area contributed by atoms with Crippen molar-refractivity contribution in [3.05, 3.63) is 53.7 Å². The zero-order valence-electron chi connectivity index (χ0n) is 14.4. The highest BCUT2D eigenvalue weighted by Gasteiger charge is 2.31. The molecule has 2 heterocycles. The smallest absolute Gasteiger partial charge is 0.276 e. The summed E-state index contributed by atoms with van der Waals surface area (Å²) in [5, 5.41) is 0. The third-order valence-corrected chi connectivity index (χ3v) is 4.62. The van der Waals surface area contributed by atoms with Crippen LogP contribution in [0.15, 0.2) is 41.0 Å². The van der Waals surface area contributed by atoms with E-state index in [-0.39, 0.29) is 11.9 Å². The van der Waals surface area contributed by atoms with Gasteiger partial charge in [-0.3, -0.25) is 9.69 Å². The summed E-state index contributed by atoms with van der Waals surface area (Å²) in [5.74, 6) is 0.610. The lowest BCUT2D eigenvalue weighted by atomic mass is 10.1. The lowest BCUT2D eigenvalue weighted by molar-refractivity contribution is 0.0424. The number of rotatable bonds is 5. The molecule has 1 aromatic carbocycles. The van der Waals surface area contributed by atoms with Gasteiger partial charge in [0.2, 0.25) is 0 Å². The van der Waals surface area contributed by atoms with Gasteiger partial charge >= 0.3 is 0 Å². The molecule has 0 unspecified atom stereocenters. The van der Waals surface area contributed by atoms with Crippen LogP contribution in [-0.2, 0) is 13.0 Å². The Morgan fingerprint density at radius 2 is 2.04 bits per heavy atom. The van der Waals surface area contributed by atoms with Gasteiger partial charge in [-0.05, 0) is 12.0 Å². The number of aromatic nitrogens is 1. The molecule has 24 heavy (non-hydrogen) atoms. The SMILES string of the molecule is CCc1nc(C(=O)N2CCN(Cc3ccccc3)C[C@H]2CC)co1. The molecule has 1 atom stereocenters. The number of benzene rings is 1. The quantitative estimate of drug-likeness (QED) is 0.847. The van der Waals surface area contributed by atoms with Crippen LogP contribution < -0.4 is 0 Å². The monoisotopic (exact) mass is 327 g/mol. The fourth-order valence-corrected chi connectivity index (χ4v) is 3.24. The van der Waals surface area contributed by atoms with Crippen LogP contribution in [0, 0.1) is 0 Å². The predicted octanol–water partition coefficient (Wildman–Crippen LogP) is 2.97. The molecule has 5 nitrogen and oxygen atoms in total. The number of carbonyl (C=O) groups is 1. The topological polar surface area (TPSA) is 49.6 Å². The van der Waals surface area contributed by atoms with Crippen molar-refractivity contribution in [2.24, 2.45) is 0 Å². The van der Waals surface area contributed by atoms with E-state index in [0.29, 0.717) is 18.0 Å². The first-order chi connectivity index (χ1) is 11.7. The fourth-order valence-electron chi connectivity index (χ4n) is 3.24. The largest absolute Gasteiger partial charge is 0.448 e. The first kappa shape index (κ1) is 16.7. The number of piperazine rings is 1. The van der Waals surface area contributed by atoms with Gasteiger partial charge in [-0.25, -0.2) is 4.98 Å². The second-order valence-corrected chi connectivity index (χ2v) is 6.26. The number of oxazole rings is 1. The Bertz CT molecular complexity index is 668. The number of nitrogens with zero attached hydrogens (tertiary/aromatic N) is 3. The summed E-state index contributed by atoms with van der Waals surface area (Å²) in [5.41, 5.74) is 1.75. The molecule has 128 valence electrons. The van der Waals surface area contributed by atoms with Gasteiger partial charge < -0.3 is 9.32 Å². The van der Waals surface area contributed by atoms with Gasteiger partial charge in [0.05, 0.1) is 0 Å². The van der Waals surface area contributed by atoms with Crippen molar-refractivity contribution in [1.82, 2.24) is 14.8 Å². The highest BCUT2D eigenvalue weighted by molar-refractivity contribution is 5.92. The molecule has 1 fully saturated rings. The molecule has 0 spiro atoms. The Morgan fingerprint density at radius 3 is 2.71 bits per heavy atom. The maximum absolute atomic E-state index is 12.7. The summed E-state index contributed by atoms with van der Waals surface area (Å²) in [6, 6.07) is 10.7. The van der Waals surface area contributed by atoms with Gasteiger partial charge in [0, 0.05) is 38.6 Å². The molecule has 1 amide bonds. The molecule has 5 heteroatoms. The summed E-state index contributed by atoms with van der Waals surface area (Å²) in [7, 11) is 0. The lowest BCUT2D eigenvalue weighted by Gasteiger charge is -2.41. The van der Waals surface area contributed by atoms with Crippen LogP contribution in [0.25, 0.3) is 0 Å². The van der Waals surface area contributed by atoms with Crippen molar-refractivity contribution in [2.75, 3.05) is 19.6 Å². The summed E-state index contributed by atoms with van der Waals surface area (Å²) in [6.07, 6.45) is 3.13. The fraction of sp³-hybridized carbons (Fsp3) is 0.474. The number of aryl methyl sites for hydroxylation is 1. The molecule has 0 bridgehead atoms. The van der Waals surface area contributed by atoms with Gasteiger partial charge in [0.1, 0.15) is 6.26 Å². The lowest BCUT2D eigenvalue weighted by Crippen LogP contribution is -2.54. The van der Waals surface area contributed by atoms with Crippen molar-refractivity contribution in [3.8, 4) is 0 Å². The zero-order valence-corrected chi connectivity index (χ0v) is 14.4. The normalized spacial score (nSPS) is 18.8. The summed E-state index contributed by atoms with van der Waals surface area (Å²) < 4.78 is 5.33. The number of carbonyl (C=O) groups excluding carboxylic acids is 1. The molecule has 3 rings (SSSR count). The van der Waals surface area contributed by atoms with Crippen molar-refractivity contribution < 1.29 is 9.21 Å². The number of hydrogen-bond acceptors (Lipinski definition) is 4. The Labute approximate surface area is 143 Å². The van der Waals surface area contributed by atoms with E-state index in [1.165, 1.54) is 11.8 Å². The van der Waals surface area contributed by atoms with Crippen LogP contribution in [0.3, 0.4) is 0 Å². The molecule has 0 aliphatic carbocycles. The Kier molecular flexibility index (Phi) is 5.30. The molecule has 0 N–H and O–H groups in total. The third kappa shape index (κ3) is 3.67. The molecule has 1 aliphatic heterocycles. The van der Waals surface area contributed by atoms with Crippen LogP contribution in [-0.4, -0.2) is 46.4 Å². The van der Waals surface area contributed by atoms with Crippen LogP contribution in [0.2, 0.25) is 0 Å². The molecule has 1 saturated heterocycles. The molecule has 1 aromatic heterocycles. The Balaban J connectivity index is 1.65. The second-order valence-electron chi connectivity index (χ2n) is 6.26. The van der Waals surface area contributed by atoms with Crippen molar-refractivity contribution in [1.29, 1.82) is 0 Å². The standard InChI is InChI=1S/C19H25N3O2/c1-3-16-13-21(12-15-8-6-5-7-9-15)10-11-22(16)19(23)17-14-24-18(4-2)20-17/h5-9,14,16H,3-4,10-13H2,1-2H3/t16-/m1/s1. The number of amides is 1. The maximum atomic E-state index is 12.7. The molecule has 2 aromatic rings. The van der Waals surface area contributed by atoms with Crippen LogP contribution >= 0.6 is 0 Å². The first-order valence-corrected chi connectivity index (χ1v) is 8.73. The van der Waals surface area contributed by atoms with Crippen LogP contribution in [0.1, 0.15) is 42.2 Å². The average molecular weight is 327 g/mol. The second kappa shape index (κ2) is 7.62. The Morgan fingerprint density at radius 1 is 1.25 bits per heavy atom. The van der Waals surface area contributed by atoms with Crippen molar-refractivity contribution in [3.63, 3.8) is 0 Å². The average Bonchev–Trinajstić information content (AvgIpc) is 3.11. The van der Waals surface area contributed by atoms with E-state index >= 15 is 0 Å². The Hall–Kier alpha value is -2.14. The molecular weight excluding hydrogens is 302 g/mol. The maximum Gasteiger partial charge on any atom is 0.276 e. The molecule has 0 saturated carbocycles. The molecule has 0 radical (unpaired) electrons. The van der Waals surface area contributed by atoms with E-state index in [4.69, 9.17) is 4.42 Å². The summed E-state index contributed by atoms with van der Waals surface area (Å²) >= 11 is 0. The van der Waals surface area contributed by atoms with Crippen LogP contribution in [0.5, 0.6) is 0 Å². The van der Waals surface area contributed by atoms with E-state index in [1.807, 2.05) is 17.9 Å². The van der Waals surface area contributed by atoms with Gasteiger partial charge in [-0.2, -0.15) is 0 Å². The summed E-state index contributed by atoms with van der Waals surface area (Å²) in [4.78, 5) is 21.4. The highest BCUT2D eigenvalue weighted by atomic mass is 16.3. The minimum atomic E-state index is -0.00957. The van der Waals surface area contributed by atoms with Gasteiger partial charge in [0.25, 0.3) is 5.91 Å². The van der Waals surface area contributed by atoms with E-state index < -0.39 is 0 Å². The third-order valence-electron chi connectivity index (χ3n) is 4.62. The first-order valence-electron chi connectivity index (χ1n) is 8.73. The number of hydrogen-bond donors (Lipinski definition) is 0. The predicted molar refractivity (Wildman–Crippen MR) is 92.7 cm³/mol. The van der Waals surface area contributed by atoms with Crippen LogP contribution in [0.4, 0.5) is 0 Å². The van der Waals surface area contributed by atoms with E-state index in [1.54, 1.807) is 0 Å². The molecular formula is C19H25N3O2. The molecule has 1 aliphatic rings. The van der Waals surface area contributed by atoms with Gasteiger partial charge in [-0.1, -0.05) is 44.2 Å². The minimum absolute atomic E-state index is 0.00957. The van der Waals surface area contributed by atoms with Crippen molar-refractivity contribution in [2.45, 2.75) is 39.3 Å². The van der Waals surface area contributed by atoms with Gasteiger partial charge in [-0.15, -0.1) is 0 Å². The van der Waals surface area contributed by atoms with E-state index in [0.717, 1.165) is 32.6 Å². The van der Waals surface area contributed by atoms with Crippen molar-refractivity contribution >= 4 is 5.91 Å². The highest BCUT2D eigenvalue weighted by Crippen LogP contribution is 2.18.